The SMILES string of the molecule is C[C@@H]1C[C@H](C(=O)Nc2cn3cc(-c4ccncc4)ccc3n2)C[C@H](C)N1. The fourth-order valence-electron chi connectivity index (χ4n) is 3.78. The zero-order valence-electron chi connectivity index (χ0n) is 15.0. The maximum Gasteiger partial charge on any atom is 0.228 e. The molecular formula is C20H23N5O. The predicted octanol–water partition coefficient (Wildman–Crippen LogP) is 3.11. The third-order valence-corrected chi connectivity index (χ3v) is 4.93. The first-order valence-corrected chi connectivity index (χ1v) is 9.04. The molecule has 0 bridgehead atoms. The Bertz CT molecular complexity index is 910. The number of pyridine rings is 2. The molecule has 3 aromatic heterocycles. The van der Waals surface area contributed by atoms with E-state index in [1.165, 1.54) is 0 Å². The van der Waals surface area contributed by atoms with Crippen molar-refractivity contribution in [3.8, 4) is 11.1 Å². The monoisotopic (exact) mass is 349 g/mol. The second kappa shape index (κ2) is 6.88. The summed E-state index contributed by atoms with van der Waals surface area (Å²) in [7, 11) is 0. The number of nitrogens with zero attached hydrogens (tertiary/aromatic N) is 3. The van der Waals surface area contributed by atoms with Gasteiger partial charge in [0.15, 0.2) is 5.82 Å². The first-order valence-electron chi connectivity index (χ1n) is 9.04. The van der Waals surface area contributed by atoms with E-state index in [2.05, 4.69) is 34.4 Å². The maximum absolute atomic E-state index is 12.6. The van der Waals surface area contributed by atoms with Crippen LogP contribution in [0.4, 0.5) is 5.82 Å². The number of carbonyl (C=O) groups excluding carboxylic acids is 1. The van der Waals surface area contributed by atoms with Gasteiger partial charge in [-0.05, 0) is 62.1 Å². The number of anilines is 1. The second-order valence-electron chi connectivity index (χ2n) is 7.17. The second-order valence-corrected chi connectivity index (χ2v) is 7.17. The number of hydrogen-bond acceptors (Lipinski definition) is 4. The lowest BCUT2D eigenvalue weighted by Crippen LogP contribution is -2.45. The summed E-state index contributed by atoms with van der Waals surface area (Å²) in [5.74, 6) is 0.683. The number of carbonyl (C=O) groups is 1. The highest BCUT2D eigenvalue weighted by Crippen LogP contribution is 2.23. The zero-order valence-corrected chi connectivity index (χ0v) is 15.0. The Labute approximate surface area is 152 Å². The Morgan fingerprint density at radius 3 is 2.54 bits per heavy atom. The Morgan fingerprint density at radius 1 is 1.08 bits per heavy atom. The average Bonchev–Trinajstić information content (AvgIpc) is 3.03. The number of aromatic nitrogens is 3. The molecule has 1 aliphatic heterocycles. The van der Waals surface area contributed by atoms with Crippen molar-refractivity contribution in [1.82, 2.24) is 19.7 Å². The molecule has 4 rings (SSSR count). The number of nitrogens with one attached hydrogen (secondary N) is 2. The van der Waals surface area contributed by atoms with Crippen molar-refractivity contribution in [3.63, 3.8) is 0 Å². The van der Waals surface area contributed by atoms with Crippen molar-refractivity contribution >= 4 is 17.4 Å². The lowest BCUT2D eigenvalue weighted by atomic mass is 9.88. The molecule has 0 unspecified atom stereocenters. The smallest absolute Gasteiger partial charge is 0.228 e. The van der Waals surface area contributed by atoms with E-state index in [1.807, 2.05) is 41.1 Å². The van der Waals surface area contributed by atoms with E-state index in [0.717, 1.165) is 29.6 Å². The Kier molecular flexibility index (Phi) is 4.42. The van der Waals surface area contributed by atoms with Gasteiger partial charge in [-0.1, -0.05) is 0 Å². The first-order chi connectivity index (χ1) is 12.6. The summed E-state index contributed by atoms with van der Waals surface area (Å²) in [5, 5.41) is 6.46. The van der Waals surface area contributed by atoms with E-state index >= 15 is 0 Å². The fraction of sp³-hybridized carbons (Fsp3) is 0.350. The lowest BCUT2D eigenvalue weighted by molar-refractivity contribution is -0.121. The molecule has 3 atom stereocenters. The summed E-state index contributed by atoms with van der Waals surface area (Å²) < 4.78 is 1.94. The molecule has 0 radical (unpaired) electrons. The van der Waals surface area contributed by atoms with E-state index < -0.39 is 0 Å². The van der Waals surface area contributed by atoms with E-state index in [4.69, 9.17) is 0 Å². The quantitative estimate of drug-likeness (QED) is 0.762. The standard InChI is InChI=1S/C20H23N5O/c1-13-9-17(10-14(2)22-13)20(26)24-18-12-25-11-16(3-4-19(25)23-18)15-5-7-21-8-6-15/h3-8,11-14,17,22H,9-10H2,1-2H3,(H,24,26)/t13-,14+,17+. The van der Waals surface area contributed by atoms with Crippen LogP contribution >= 0.6 is 0 Å². The summed E-state index contributed by atoms with van der Waals surface area (Å²) >= 11 is 0. The summed E-state index contributed by atoms with van der Waals surface area (Å²) in [6, 6.07) is 8.65. The van der Waals surface area contributed by atoms with Crippen molar-refractivity contribution in [2.45, 2.75) is 38.8 Å². The summed E-state index contributed by atoms with van der Waals surface area (Å²) in [4.78, 5) is 21.2. The molecule has 3 aromatic rings. The van der Waals surface area contributed by atoms with Crippen molar-refractivity contribution < 1.29 is 4.79 Å². The van der Waals surface area contributed by atoms with E-state index in [1.54, 1.807) is 12.4 Å². The number of fused-ring (bicyclic) bond motifs is 1. The van der Waals surface area contributed by atoms with Gasteiger partial charge in [0.1, 0.15) is 5.65 Å². The van der Waals surface area contributed by atoms with Gasteiger partial charge in [-0.2, -0.15) is 0 Å². The van der Waals surface area contributed by atoms with Gasteiger partial charge in [0.25, 0.3) is 0 Å². The van der Waals surface area contributed by atoms with E-state index in [9.17, 15) is 4.79 Å². The molecule has 1 aliphatic rings. The predicted molar refractivity (Wildman–Crippen MR) is 102 cm³/mol. The number of piperidine rings is 1. The Balaban J connectivity index is 1.53. The summed E-state index contributed by atoms with van der Waals surface area (Å²) in [6.45, 7) is 4.25. The van der Waals surface area contributed by atoms with Gasteiger partial charge < -0.3 is 15.0 Å². The number of amides is 1. The minimum atomic E-state index is 0.0263. The molecule has 26 heavy (non-hydrogen) atoms. The van der Waals surface area contributed by atoms with Gasteiger partial charge in [-0.15, -0.1) is 0 Å². The van der Waals surface area contributed by atoms with Gasteiger partial charge in [0.05, 0.1) is 6.20 Å². The van der Waals surface area contributed by atoms with Crippen LogP contribution in [0.15, 0.2) is 49.1 Å². The third-order valence-electron chi connectivity index (χ3n) is 4.93. The van der Waals surface area contributed by atoms with Crippen LogP contribution < -0.4 is 10.6 Å². The highest BCUT2D eigenvalue weighted by molar-refractivity contribution is 5.92. The molecule has 2 N–H and O–H groups in total. The summed E-state index contributed by atoms with van der Waals surface area (Å²) in [6.07, 6.45) is 9.15. The minimum Gasteiger partial charge on any atom is -0.312 e. The maximum atomic E-state index is 12.6. The molecule has 134 valence electrons. The third kappa shape index (κ3) is 3.46. The van der Waals surface area contributed by atoms with Gasteiger partial charge in [-0.3, -0.25) is 9.78 Å². The van der Waals surface area contributed by atoms with Crippen LogP contribution in [0.5, 0.6) is 0 Å². The topological polar surface area (TPSA) is 71.3 Å². The van der Waals surface area contributed by atoms with Crippen molar-refractivity contribution in [1.29, 1.82) is 0 Å². The van der Waals surface area contributed by atoms with Crippen LogP contribution in [0.2, 0.25) is 0 Å². The molecular weight excluding hydrogens is 326 g/mol. The molecule has 1 saturated heterocycles. The lowest BCUT2D eigenvalue weighted by Gasteiger charge is -2.31. The van der Waals surface area contributed by atoms with Crippen molar-refractivity contribution in [3.05, 3.63) is 49.1 Å². The molecule has 6 heteroatoms. The van der Waals surface area contributed by atoms with Crippen LogP contribution in [0, 0.1) is 5.92 Å². The molecule has 1 fully saturated rings. The number of imidazole rings is 1. The Morgan fingerprint density at radius 2 is 1.81 bits per heavy atom. The van der Waals surface area contributed by atoms with Gasteiger partial charge in [0.2, 0.25) is 5.91 Å². The van der Waals surface area contributed by atoms with Crippen LogP contribution in [0.1, 0.15) is 26.7 Å². The Hall–Kier alpha value is -2.73. The van der Waals surface area contributed by atoms with E-state index in [0.29, 0.717) is 17.9 Å². The summed E-state index contributed by atoms with van der Waals surface area (Å²) in [5.41, 5.74) is 2.99. The highest BCUT2D eigenvalue weighted by Gasteiger charge is 2.28. The number of hydrogen-bond donors (Lipinski definition) is 2. The number of rotatable bonds is 3. The average molecular weight is 349 g/mol. The normalized spacial score (nSPS) is 23.1. The zero-order chi connectivity index (χ0) is 18.1. The molecule has 0 spiro atoms. The van der Waals surface area contributed by atoms with Gasteiger partial charge >= 0.3 is 0 Å². The molecule has 0 saturated carbocycles. The van der Waals surface area contributed by atoms with Crippen molar-refractivity contribution in [2.75, 3.05) is 5.32 Å². The van der Waals surface area contributed by atoms with Crippen molar-refractivity contribution in [2.24, 2.45) is 5.92 Å². The fourth-order valence-corrected chi connectivity index (χ4v) is 3.78. The largest absolute Gasteiger partial charge is 0.312 e. The highest BCUT2D eigenvalue weighted by atomic mass is 16.2. The van der Waals surface area contributed by atoms with Crippen LogP contribution in [0.3, 0.4) is 0 Å². The molecule has 0 aliphatic carbocycles. The minimum absolute atomic E-state index is 0.0263. The van der Waals surface area contributed by atoms with Crippen LogP contribution in [-0.4, -0.2) is 32.4 Å². The molecule has 6 nitrogen and oxygen atoms in total. The van der Waals surface area contributed by atoms with Crippen LogP contribution in [-0.2, 0) is 4.79 Å². The first kappa shape index (κ1) is 16.7. The molecule has 1 amide bonds. The van der Waals surface area contributed by atoms with E-state index in [-0.39, 0.29) is 11.8 Å². The van der Waals surface area contributed by atoms with Gasteiger partial charge in [-0.25, -0.2) is 4.98 Å². The van der Waals surface area contributed by atoms with Crippen LogP contribution in [0.25, 0.3) is 16.8 Å². The van der Waals surface area contributed by atoms with Gasteiger partial charge in [0, 0.05) is 36.6 Å². The molecule has 0 aromatic carbocycles. The molecule has 4 heterocycles.